The van der Waals surface area contributed by atoms with Crippen molar-refractivity contribution in [1.29, 1.82) is 0 Å². The minimum atomic E-state index is -4.49. The molecule has 0 aromatic heterocycles. The molecule has 1 amide bonds. The molecule has 1 aliphatic rings. The third-order valence-electron chi connectivity index (χ3n) is 4.97. The molecule has 4 nitrogen and oxygen atoms in total. The van der Waals surface area contributed by atoms with Gasteiger partial charge in [0, 0.05) is 31.5 Å². The number of aliphatic hydroxyl groups is 1. The number of benzene rings is 2. The molecule has 1 heterocycles. The van der Waals surface area contributed by atoms with Crippen molar-refractivity contribution in [2.45, 2.75) is 37.0 Å². The molecule has 1 saturated heterocycles. The number of piperidine rings is 1. The van der Waals surface area contributed by atoms with E-state index in [9.17, 15) is 27.5 Å². The highest BCUT2D eigenvalue weighted by molar-refractivity contribution is 5.94. The second-order valence-electron chi connectivity index (χ2n) is 6.91. The Labute approximate surface area is 159 Å². The molecular weight excluding hydrogens is 376 g/mol. The van der Waals surface area contributed by atoms with Crippen LogP contribution in [0.5, 0.6) is 0 Å². The number of carbonyl (C=O) groups excluding carboxylic acids is 1. The molecule has 0 aliphatic carbocycles. The molecule has 1 unspecified atom stereocenters. The van der Waals surface area contributed by atoms with Gasteiger partial charge in [-0.3, -0.25) is 10.1 Å². The van der Waals surface area contributed by atoms with Crippen LogP contribution in [0.2, 0.25) is 0 Å². The van der Waals surface area contributed by atoms with Gasteiger partial charge in [-0.1, -0.05) is 24.3 Å². The van der Waals surface area contributed by atoms with Gasteiger partial charge in [0.2, 0.25) is 0 Å². The molecule has 3 rings (SSSR count). The highest BCUT2D eigenvalue weighted by Crippen LogP contribution is 2.41. The fraction of sp³-hybridized carbons (Fsp3) is 0.350. The number of hydrogen-bond acceptors (Lipinski definition) is 3. The average molecular weight is 396 g/mol. The van der Waals surface area contributed by atoms with Crippen LogP contribution in [0, 0.1) is 0 Å². The van der Waals surface area contributed by atoms with Crippen molar-refractivity contribution >= 4 is 5.91 Å². The Hall–Kier alpha value is -2.45. The number of rotatable bonds is 3. The normalized spacial score (nSPS) is 25.4. The Morgan fingerprint density at radius 1 is 1.18 bits per heavy atom. The summed E-state index contributed by atoms with van der Waals surface area (Å²) in [4.78, 5) is 11.8. The van der Waals surface area contributed by atoms with Crippen LogP contribution in [-0.2, 0) is 11.8 Å². The Bertz CT molecular complexity index is 854. The highest BCUT2D eigenvalue weighted by Gasteiger charge is 2.41. The third-order valence-corrected chi connectivity index (χ3v) is 4.97. The minimum absolute atomic E-state index is 0.0516. The fourth-order valence-electron chi connectivity index (χ4n) is 3.51. The summed E-state index contributed by atoms with van der Waals surface area (Å²) in [5, 5.41) is 16.3. The van der Waals surface area contributed by atoms with Gasteiger partial charge in [-0.15, -0.1) is 0 Å². The van der Waals surface area contributed by atoms with Crippen molar-refractivity contribution in [2.75, 3.05) is 7.05 Å². The van der Waals surface area contributed by atoms with Crippen molar-refractivity contribution in [3.8, 4) is 0 Å². The number of alkyl halides is 4. The van der Waals surface area contributed by atoms with Crippen molar-refractivity contribution in [3.05, 3.63) is 70.8 Å². The van der Waals surface area contributed by atoms with Crippen molar-refractivity contribution in [1.82, 2.24) is 10.6 Å². The van der Waals surface area contributed by atoms with E-state index in [1.165, 1.54) is 19.2 Å². The second kappa shape index (κ2) is 7.52. The lowest BCUT2D eigenvalue weighted by atomic mass is 9.79. The summed E-state index contributed by atoms with van der Waals surface area (Å²) < 4.78 is 52.7. The smallest absolute Gasteiger partial charge is 0.385 e. The van der Waals surface area contributed by atoms with E-state index in [0.29, 0.717) is 11.1 Å². The Morgan fingerprint density at radius 2 is 1.86 bits per heavy atom. The lowest BCUT2D eigenvalue weighted by Crippen LogP contribution is -2.46. The largest absolute Gasteiger partial charge is 0.416 e. The standard InChI is InChI=1S/C20H20F4N2O2/c1-25-18(27)13-4-2-3-12(9-13)16-10-19(28,11-17(21)26-16)14-5-7-15(8-6-14)20(22,23)24/h2-9,16-17,26,28H,10-11H2,1H3,(H,25,27)/t16-,17+,19?/m0/s1. The quantitative estimate of drug-likeness (QED) is 0.548. The Morgan fingerprint density at radius 3 is 2.46 bits per heavy atom. The van der Waals surface area contributed by atoms with E-state index in [-0.39, 0.29) is 24.3 Å². The van der Waals surface area contributed by atoms with Crippen LogP contribution in [0.3, 0.4) is 0 Å². The topological polar surface area (TPSA) is 61.4 Å². The van der Waals surface area contributed by atoms with Gasteiger partial charge >= 0.3 is 6.18 Å². The summed E-state index contributed by atoms with van der Waals surface area (Å²) in [6, 6.07) is 10.1. The van der Waals surface area contributed by atoms with Crippen LogP contribution in [0.1, 0.15) is 45.9 Å². The average Bonchev–Trinajstić information content (AvgIpc) is 2.66. The summed E-state index contributed by atoms with van der Waals surface area (Å²) in [7, 11) is 1.49. The van der Waals surface area contributed by atoms with E-state index in [1.807, 2.05) is 0 Å². The lowest BCUT2D eigenvalue weighted by molar-refractivity contribution is -0.137. The zero-order chi connectivity index (χ0) is 20.5. The van der Waals surface area contributed by atoms with E-state index >= 15 is 0 Å². The zero-order valence-electron chi connectivity index (χ0n) is 15.1. The van der Waals surface area contributed by atoms with Crippen LogP contribution in [-0.4, -0.2) is 24.4 Å². The highest BCUT2D eigenvalue weighted by atomic mass is 19.4. The molecule has 0 radical (unpaired) electrons. The van der Waals surface area contributed by atoms with E-state index in [0.717, 1.165) is 12.1 Å². The summed E-state index contributed by atoms with van der Waals surface area (Å²) in [6.45, 7) is 0. The number of hydrogen-bond donors (Lipinski definition) is 3. The van der Waals surface area contributed by atoms with Crippen LogP contribution < -0.4 is 10.6 Å². The second-order valence-corrected chi connectivity index (χ2v) is 6.91. The van der Waals surface area contributed by atoms with Crippen molar-refractivity contribution in [2.24, 2.45) is 0 Å². The van der Waals surface area contributed by atoms with Gasteiger partial charge in [-0.2, -0.15) is 13.2 Å². The predicted molar refractivity (Wildman–Crippen MR) is 95.2 cm³/mol. The zero-order valence-corrected chi connectivity index (χ0v) is 15.1. The third kappa shape index (κ3) is 4.18. The molecular formula is C20H20F4N2O2. The van der Waals surface area contributed by atoms with Gasteiger partial charge in [0.05, 0.1) is 11.2 Å². The van der Waals surface area contributed by atoms with Gasteiger partial charge in [0.25, 0.3) is 5.91 Å². The van der Waals surface area contributed by atoms with Gasteiger partial charge in [0.15, 0.2) is 6.30 Å². The van der Waals surface area contributed by atoms with Crippen molar-refractivity contribution in [3.63, 3.8) is 0 Å². The summed E-state index contributed by atoms with van der Waals surface area (Å²) >= 11 is 0. The van der Waals surface area contributed by atoms with E-state index in [4.69, 9.17) is 0 Å². The molecule has 2 aromatic carbocycles. The molecule has 0 spiro atoms. The fourth-order valence-corrected chi connectivity index (χ4v) is 3.51. The maximum Gasteiger partial charge on any atom is 0.416 e. The number of halogens is 4. The maximum atomic E-state index is 14.4. The molecule has 0 bridgehead atoms. The summed E-state index contributed by atoms with van der Waals surface area (Å²) in [5.41, 5.74) is -1.25. The summed E-state index contributed by atoms with van der Waals surface area (Å²) in [6.07, 6.45) is -6.28. The molecule has 1 fully saturated rings. The Balaban J connectivity index is 1.89. The molecule has 150 valence electrons. The number of carbonyl (C=O) groups is 1. The molecule has 3 N–H and O–H groups in total. The molecule has 3 atom stereocenters. The van der Waals surface area contributed by atoms with Gasteiger partial charge < -0.3 is 10.4 Å². The predicted octanol–water partition coefficient (Wildman–Crippen LogP) is 3.67. The van der Waals surface area contributed by atoms with Crippen LogP contribution in [0.25, 0.3) is 0 Å². The van der Waals surface area contributed by atoms with Gasteiger partial charge in [-0.25, -0.2) is 4.39 Å². The van der Waals surface area contributed by atoms with E-state index < -0.39 is 29.7 Å². The van der Waals surface area contributed by atoms with Gasteiger partial charge in [-0.05, 0) is 35.4 Å². The Kier molecular flexibility index (Phi) is 5.45. The first kappa shape index (κ1) is 20.3. The first-order valence-electron chi connectivity index (χ1n) is 8.75. The van der Waals surface area contributed by atoms with Gasteiger partial charge in [0.1, 0.15) is 0 Å². The number of amides is 1. The molecule has 2 aromatic rings. The first-order chi connectivity index (χ1) is 13.1. The van der Waals surface area contributed by atoms with E-state index in [2.05, 4.69) is 10.6 Å². The van der Waals surface area contributed by atoms with E-state index in [1.54, 1.807) is 24.3 Å². The molecule has 0 saturated carbocycles. The minimum Gasteiger partial charge on any atom is -0.385 e. The monoisotopic (exact) mass is 396 g/mol. The number of nitrogens with one attached hydrogen (secondary N) is 2. The maximum absolute atomic E-state index is 14.4. The van der Waals surface area contributed by atoms with Crippen LogP contribution in [0.4, 0.5) is 17.6 Å². The first-order valence-corrected chi connectivity index (χ1v) is 8.75. The summed E-state index contributed by atoms with van der Waals surface area (Å²) in [5.74, 6) is -0.299. The molecule has 8 heteroatoms. The lowest BCUT2D eigenvalue weighted by Gasteiger charge is -2.40. The molecule has 28 heavy (non-hydrogen) atoms. The van der Waals surface area contributed by atoms with Crippen LogP contribution in [0.15, 0.2) is 48.5 Å². The molecule has 1 aliphatic heterocycles. The van der Waals surface area contributed by atoms with Crippen molar-refractivity contribution < 1.29 is 27.5 Å². The SMILES string of the molecule is CNC(=O)c1cccc([C@@H]2CC(O)(c3ccc(C(F)(F)F)cc3)C[C@H](F)N2)c1. The van der Waals surface area contributed by atoms with Crippen LogP contribution >= 0.6 is 0 Å².